The van der Waals surface area contributed by atoms with E-state index in [1.165, 1.54) is 0 Å². The van der Waals surface area contributed by atoms with Gasteiger partial charge in [0.05, 0.1) is 5.02 Å². The Morgan fingerprint density at radius 3 is 2.19 bits per heavy atom. The van der Waals surface area contributed by atoms with Crippen molar-refractivity contribution in [3.8, 4) is 16.9 Å². The Bertz CT molecular complexity index is 495. The fourth-order valence-corrected chi connectivity index (χ4v) is 2.13. The molecule has 2 aromatic carbocycles. The van der Waals surface area contributed by atoms with Crippen LogP contribution in [0.1, 0.15) is 5.56 Å². The molecule has 0 fully saturated rings. The largest absolute Gasteiger partial charge is 0.507 e. The molecule has 2 aromatic rings. The molecule has 0 saturated carbocycles. The molecule has 0 atom stereocenters. The quantitative estimate of drug-likeness (QED) is 0.782. The van der Waals surface area contributed by atoms with E-state index in [4.69, 9.17) is 23.2 Å². The molecule has 0 aliphatic rings. The third-order valence-corrected chi connectivity index (χ3v) is 2.90. The average molecular weight is 253 g/mol. The zero-order valence-corrected chi connectivity index (χ0v) is 10.2. The van der Waals surface area contributed by atoms with Gasteiger partial charge in [-0.1, -0.05) is 35.3 Å². The van der Waals surface area contributed by atoms with Gasteiger partial charge in [0.2, 0.25) is 0 Å². The van der Waals surface area contributed by atoms with Gasteiger partial charge in [-0.05, 0) is 42.3 Å². The molecule has 0 radical (unpaired) electrons. The third-order valence-electron chi connectivity index (χ3n) is 2.35. The van der Waals surface area contributed by atoms with E-state index in [-0.39, 0.29) is 5.75 Å². The Labute approximate surface area is 104 Å². The molecule has 0 saturated heterocycles. The predicted octanol–water partition coefficient (Wildman–Crippen LogP) is 4.67. The molecule has 0 aromatic heterocycles. The van der Waals surface area contributed by atoms with Crippen LogP contribution in [0.15, 0.2) is 36.4 Å². The monoisotopic (exact) mass is 252 g/mol. The van der Waals surface area contributed by atoms with E-state index in [1.54, 1.807) is 18.2 Å². The first-order valence-electron chi connectivity index (χ1n) is 4.83. The average Bonchev–Trinajstić information content (AvgIpc) is 2.19. The van der Waals surface area contributed by atoms with Crippen molar-refractivity contribution in [3.05, 3.63) is 52.0 Å². The van der Waals surface area contributed by atoms with Crippen molar-refractivity contribution in [2.45, 2.75) is 6.92 Å². The van der Waals surface area contributed by atoms with Crippen molar-refractivity contribution in [3.63, 3.8) is 0 Å². The van der Waals surface area contributed by atoms with Crippen LogP contribution in [0.3, 0.4) is 0 Å². The predicted molar refractivity (Wildman–Crippen MR) is 68.3 cm³/mol. The number of halogens is 2. The highest BCUT2D eigenvalue weighted by molar-refractivity contribution is 6.34. The van der Waals surface area contributed by atoms with Crippen molar-refractivity contribution < 1.29 is 5.11 Å². The summed E-state index contributed by atoms with van der Waals surface area (Å²) in [7, 11) is 0. The molecule has 0 heterocycles. The normalized spacial score (nSPS) is 10.4. The van der Waals surface area contributed by atoms with Crippen molar-refractivity contribution in [2.75, 3.05) is 0 Å². The smallest absolute Gasteiger partial charge is 0.125 e. The molecule has 0 bridgehead atoms. The van der Waals surface area contributed by atoms with Crippen LogP contribution in [0.25, 0.3) is 11.1 Å². The number of rotatable bonds is 1. The minimum absolute atomic E-state index is 0.187. The lowest BCUT2D eigenvalue weighted by molar-refractivity contribution is 0.477. The number of benzene rings is 2. The lowest BCUT2D eigenvalue weighted by Gasteiger charge is -2.08. The first-order chi connectivity index (χ1) is 7.58. The SMILES string of the molecule is Cc1cc(O)c(-c2ccc(Cl)cc2)c(Cl)c1. The highest BCUT2D eigenvalue weighted by Gasteiger charge is 2.09. The molecular formula is C13H10Cl2O. The number of hydrogen-bond acceptors (Lipinski definition) is 1. The first-order valence-corrected chi connectivity index (χ1v) is 5.58. The first kappa shape index (κ1) is 11.3. The summed E-state index contributed by atoms with van der Waals surface area (Å²) in [5.41, 5.74) is 2.43. The molecule has 1 N–H and O–H groups in total. The van der Waals surface area contributed by atoms with E-state index in [9.17, 15) is 5.11 Å². The lowest BCUT2D eigenvalue weighted by atomic mass is 10.0. The summed E-state index contributed by atoms with van der Waals surface area (Å²) < 4.78 is 0. The van der Waals surface area contributed by atoms with Gasteiger partial charge in [-0.25, -0.2) is 0 Å². The van der Waals surface area contributed by atoms with Crippen LogP contribution in [0.4, 0.5) is 0 Å². The number of phenolic OH excluding ortho intramolecular Hbond substituents is 1. The van der Waals surface area contributed by atoms with Gasteiger partial charge in [0.15, 0.2) is 0 Å². The van der Waals surface area contributed by atoms with Crippen molar-refractivity contribution >= 4 is 23.2 Å². The zero-order valence-electron chi connectivity index (χ0n) is 8.67. The van der Waals surface area contributed by atoms with Crippen molar-refractivity contribution in [2.24, 2.45) is 0 Å². The minimum Gasteiger partial charge on any atom is -0.507 e. The second kappa shape index (κ2) is 4.36. The third kappa shape index (κ3) is 2.16. The molecule has 3 heteroatoms. The molecule has 82 valence electrons. The van der Waals surface area contributed by atoms with E-state index in [0.717, 1.165) is 11.1 Å². The number of aromatic hydroxyl groups is 1. The fraction of sp³-hybridized carbons (Fsp3) is 0.0769. The Kier molecular flexibility index (Phi) is 3.08. The van der Waals surface area contributed by atoms with Crippen LogP contribution < -0.4 is 0 Å². The summed E-state index contributed by atoms with van der Waals surface area (Å²) in [5.74, 6) is 0.187. The molecule has 1 nitrogen and oxygen atoms in total. The van der Waals surface area contributed by atoms with Crippen molar-refractivity contribution in [1.82, 2.24) is 0 Å². The summed E-state index contributed by atoms with van der Waals surface area (Å²) >= 11 is 11.9. The highest BCUT2D eigenvalue weighted by Crippen LogP contribution is 2.37. The van der Waals surface area contributed by atoms with Gasteiger partial charge in [-0.2, -0.15) is 0 Å². The zero-order chi connectivity index (χ0) is 11.7. The van der Waals surface area contributed by atoms with Crippen LogP contribution in [0.2, 0.25) is 10.0 Å². The van der Waals surface area contributed by atoms with Crippen LogP contribution in [-0.4, -0.2) is 5.11 Å². The van der Waals surface area contributed by atoms with Gasteiger partial charge >= 0.3 is 0 Å². The number of phenols is 1. The summed E-state index contributed by atoms with van der Waals surface area (Å²) in [5, 5.41) is 11.1. The van der Waals surface area contributed by atoms with E-state index in [2.05, 4.69) is 0 Å². The molecule has 0 aliphatic heterocycles. The van der Waals surface area contributed by atoms with Gasteiger partial charge < -0.3 is 5.11 Å². The van der Waals surface area contributed by atoms with E-state index >= 15 is 0 Å². The van der Waals surface area contributed by atoms with Gasteiger partial charge in [-0.3, -0.25) is 0 Å². The highest BCUT2D eigenvalue weighted by atomic mass is 35.5. The molecule has 2 rings (SSSR count). The maximum Gasteiger partial charge on any atom is 0.125 e. The maximum atomic E-state index is 9.88. The summed E-state index contributed by atoms with van der Waals surface area (Å²) in [6, 6.07) is 10.7. The Hall–Kier alpha value is -1.18. The minimum atomic E-state index is 0.187. The maximum absolute atomic E-state index is 9.88. The Balaban J connectivity index is 2.60. The topological polar surface area (TPSA) is 20.2 Å². The molecule has 16 heavy (non-hydrogen) atoms. The summed E-state index contributed by atoms with van der Waals surface area (Å²) in [6.45, 7) is 1.89. The molecule has 0 amide bonds. The van der Waals surface area contributed by atoms with Crippen LogP contribution >= 0.6 is 23.2 Å². The van der Waals surface area contributed by atoms with Crippen LogP contribution in [0, 0.1) is 6.92 Å². The van der Waals surface area contributed by atoms with Crippen LogP contribution in [0.5, 0.6) is 5.75 Å². The van der Waals surface area contributed by atoms with E-state index in [0.29, 0.717) is 15.6 Å². The standard InChI is InChI=1S/C13H10Cl2O/c1-8-6-11(15)13(12(16)7-8)9-2-4-10(14)5-3-9/h2-7,16H,1H3. The fourth-order valence-electron chi connectivity index (χ4n) is 1.63. The lowest BCUT2D eigenvalue weighted by Crippen LogP contribution is -1.83. The van der Waals surface area contributed by atoms with Crippen LogP contribution in [-0.2, 0) is 0 Å². The van der Waals surface area contributed by atoms with E-state index < -0.39 is 0 Å². The second-order valence-corrected chi connectivity index (χ2v) is 4.49. The van der Waals surface area contributed by atoms with Gasteiger partial charge in [0.25, 0.3) is 0 Å². The number of aryl methyl sites for hydroxylation is 1. The van der Waals surface area contributed by atoms with Crippen molar-refractivity contribution in [1.29, 1.82) is 0 Å². The van der Waals surface area contributed by atoms with Gasteiger partial charge in [0.1, 0.15) is 5.75 Å². The Morgan fingerprint density at radius 2 is 1.62 bits per heavy atom. The summed E-state index contributed by atoms with van der Waals surface area (Å²) in [6.07, 6.45) is 0. The molecule has 0 unspecified atom stereocenters. The van der Waals surface area contributed by atoms with Gasteiger partial charge in [-0.15, -0.1) is 0 Å². The summed E-state index contributed by atoms with van der Waals surface area (Å²) in [4.78, 5) is 0. The molecular weight excluding hydrogens is 243 g/mol. The molecule has 0 aliphatic carbocycles. The number of hydrogen-bond donors (Lipinski definition) is 1. The molecule has 0 spiro atoms. The van der Waals surface area contributed by atoms with E-state index in [1.807, 2.05) is 25.1 Å². The Morgan fingerprint density at radius 1 is 1.00 bits per heavy atom. The van der Waals surface area contributed by atoms with Gasteiger partial charge in [0, 0.05) is 10.6 Å². The second-order valence-electron chi connectivity index (χ2n) is 3.65.